The van der Waals surface area contributed by atoms with Crippen molar-refractivity contribution >= 4 is 22.5 Å². The summed E-state index contributed by atoms with van der Waals surface area (Å²) in [6.07, 6.45) is 1.81. The quantitative estimate of drug-likeness (QED) is 0.845. The maximum absolute atomic E-state index is 12.2. The van der Waals surface area contributed by atoms with Crippen LogP contribution in [-0.2, 0) is 0 Å². The molecule has 1 N–H and O–H groups in total. The number of piperazine rings is 1. The number of urea groups is 1. The molecule has 0 atom stereocenters. The lowest BCUT2D eigenvalue weighted by molar-refractivity contribution is 0.191. The zero-order chi connectivity index (χ0) is 16.8. The molecule has 1 aromatic heterocycles. The van der Waals surface area contributed by atoms with Crippen LogP contribution in [0.4, 0.5) is 9.93 Å². The van der Waals surface area contributed by atoms with Crippen LogP contribution in [0.5, 0.6) is 5.75 Å². The molecule has 1 fully saturated rings. The molecule has 1 saturated heterocycles. The van der Waals surface area contributed by atoms with Gasteiger partial charge in [-0.05, 0) is 24.6 Å². The van der Waals surface area contributed by atoms with Crippen molar-refractivity contribution in [2.75, 3.05) is 44.2 Å². The van der Waals surface area contributed by atoms with Gasteiger partial charge in [0.2, 0.25) is 0 Å². The van der Waals surface area contributed by atoms with Crippen molar-refractivity contribution in [2.45, 2.75) is 6.92 Å². The third-order valence-electron chi connectivity index (χ3n) is 3.89. The average Bonchev–Trinajstić information content (AvgIpc) is 3.13. The highest BCUT2D eigenvalue weighted by molar-refractivity contribution is 7.13. The lowest BCUT2D eigenvalue weighted by Crippen LogP contribution is -2.52. The molecule has 24 heavy (non-hydrogen) atoms. The fourth-order valence-corrected chi connectivity index (χ4v) is 3.31. The molecule has 0 saturated carbocycles. The van der Waals surface area contributed by atoms with E-state index in [1.54, 1.807) is 11.3 Å². The zero-order valence-electron chi connectivity index (χ0n) is 13.8. The lowest BCUT2D eigenvalue weighted by Gasteiger charge is -2.34. The SMILES string of the molecule is Cc1cccc(OCCNC(=O)N2CCN(c3nccs3)CC2)c1. The van der Waals surface area contributed by atoms with Gasteiger partial charge in [-0.1, -0.05) is 12.1 Å². The number of ether oxygens (including phenoxy) is 1. The first-order chi connectivity index (χ1) is 11.7. The molecule has 1 aromatic carbocycles. The summed E-state index contributed by atoms with van der Waals surface area (Å²) in [4.78, 5) is 20.6. The van der Waals surface area contributed by atoms with Crippen molar-refractivity contribution in [1.29, 1.82) is 0 Å². The first-order valence-corrected chi connectivity index (χ1v) is 8.97. The van der Waals surface area contributed by atoms with E-state index in [-0.39, 0.29) is 6.03 Å². The number of aromatic nitrogens is 1. The van der Waals surface area contributed by atoms with Crippen LogP contribution in [0.15, 0.2) is 35.8 Å². The Morgan fingerprint density at radius 1 is 1.33 bits per heavy atom. The van der Waals surface area contributed by atoms with Crippen LogP contribution in [-0.4, -0.2) is 55.2 Å². The topological polar surface area (TPSA) is 57.7 Å². The summed E-state index contributed by atoms with van der Waals surface area (Å²) < 4.78 is 5.64. The molecule has 1 aliphatic rings. The fraction of sp³-hybridized carbons (Fsp3) is 0.412. The Morgan fingerprint density at radius 2 is 2.17 bits per heavy atom. The van der Waals surface area contributed by atoms with E-state index in [4.69, 9.17) is 4.74 Å². The van der Waals surface area contributed by atoms with Gasteiger partial charge in [0.15, 0.2) is 5.13 Å². The minimum atomic E-state index is -0.0263. The normalized spacial score (nSPS) is 14.5. The Balaban J connectivity index is 1.35. The number of aryl methyl sites for hydroxylation is 1. The van der Waals surface area contributed by atoms with E-state index in [0.717, 1.165) is 29.5 Å². The minimum absolute atomic E-state index is 0.0263. The number of hydrogen-bond acceptors (Lipinski definition) is 5. The molecular formula is C17H22N4O2S. The highest BCUT2D eigenvalue weighted by atomic mass is 32.1. The molecule has 2 aromatic rings. The monoisotopic (exact) mass is 346 g/mol. The molecule has 0 aliphatic carbocycles. The molecule has 2 heterocycles. The second kappa shape index (κ2) is 8.01. The number of benzene rings is 1. The van der Waals surface area contributed by atoms with Gasteiger partial charge in [-0.2, -0.15) is 0 Å². The Hall–Kier alpha value is -2.28. The third-order valence-corrected chi connectivity index (χ3v) is 4.73. The Bertz CT molecular complexity index is 654. The highest BCUT2D eigenvalue weighted by Crippen LogP contribution is 2.18. The van der Waals surface area contributed by atoms with E-state index in [1.807, 2.05) is 47.7 Å². The average molecular weight is 346 g/mol. The lowest BCUT2D eigenvalue weighted by atomic mass is 10.2. The van der Waals surface area contributed by atoms with Crippen molar-refractivity contribution in [3.8, 4) is 5.75 Å². The van der Waals surface area contributed by atoms with Crippen molar-refractivity contribution < 1.29 is 9.53 Å². The van der Waals surface area contributed by atoms with E-state index >= 15 is 0 Å². The van der Waals surface area contributed by atoms with Gasteiger partial charge in [0, 0.05) is 37.8 Å². The zero-order valence-corrected chi connectivity index (χ0v) is 14.6. The number of anilines is 1. The molecule has 6 nitrogen and oxygen atoms in total. The van der Waals surface area contributed by atoms with Gasteiger partial charge in [-0.15, -0.1) is 11.3 Å². The first kappa shape index (κ1) is 16.6. The molecule has 2 amide bonds. The van der Waals surface area contributed by atoms with E-state index < -0.39 is 0 Å². The van der Waals surface area contributed by atoms with E-state index in [0.29, 0.717) is 26.2 Å². The highest BCUT2D eigenvalue weighted by Gasteiger charge is 2.21. The van der Waals surface area contributed by atoms with Gasteiger partial charge in [0.05, 0.1) is 6.54 Å². The molecule has 0 radical (unpaired) electrons. The summed E-state index contributed by atoms with van der Waals surface area (Å²) in [7, 11) is 0. The Morgan fingerprint density at radius 3 is 2.88 bits per heavy atom. The fourth-order valence-electron chi connectivity index (χ4n) is 2.62. The van der Waals surface area contributed by atoms with Gasteiger partial charge in [-0.25, -0.2) is 9.78 Å². The number of nitrogens with one attached hydrogen (secondary N) is 1. The number of thiazole rings is 1. The second-order valence-electron chi connectivity index (χ2n) is 5.69. The number of amides is 2. The summed E-state index contributed by atoms with van der Waals surface area (Å²) in [5.74, 6) is 0.835. The molecule has 0 unspecified atom stereocenters. The number of nitrogens with zero attached hydrogens (tertiary/aromatic N) is 3. The first-order valence-electron chi connectivity index (χ1n) is 8.09. The molecule has 0 bridgehead atoms. The molecular weight excluding hydrogens is 324 g/mol. The summed E-state index contributed by atoms with van der Waals surface area (Å²) in [5.41, 5.74) is 1.16. The second-order valence-corrected chi connectivity index (χ2v) is 6.56. The molecule has 0 spiro atoms. The van der Waals surface area contributed by atoms with Crippen LogP contribution in [0.3, 0.4) is 0 Å². The van der Waals surface area contributed by atoms with Crippen molar-refractivity contribution in [1.82, 2.24) is 15.2 Å². The van der Waals surface area contributed by atoms with Crippen LogP contribution < -0.4 is 15.0 Å². The predicted molar refractivity (Wildman–Crippen MR) is 96.0 cm³/mol. The molecule has 3 rings (SSSR count). The van der Waals surface area contributed by atoms with Crippen LogP contribution >= 0.6 is 11.3 Å². The van der Waals surface area contributed by atoms with Crippen LogP contribution in [0.2, 0.25) is 0 Å². The summed E-state index contributed by atoms with van der Waals surface area (Å²) in [6.45, 7) is 6.06. The molecule has 1 aliphatic heterocycles. The van der Waals surface area contributed by atoms with Gasteiger partial charge in [-0.3, -0.25) is 0 Å². The smallest absolute Gasteiger partial charge is 0.317 e. The minimum Gasteiger partial charge on any atom is -0.492 e. The van der Waals surface area contributed by atoms with Gasteiger partial charge >= 0.3 is 6.03 Å². The van der Waals surface area contributed by atoms with E-state index in [9.17, 15) is 4.79 Å². The van der Waals surface area contributed by atoms with Gasteiger partial charge < -0.3 is 19.9 Å². The maximum atomic E-state index is 12.2. The number of carbonyl (C=O) groups is 1. The maximum Gasteiger partial charge on any atom is 0.317 e. The van der Waals surface area contributed by atoms with Crippen LogP contribution in [0, 0.1) is 6.92 Å². The van der Waals surface area contributed by atoms with Gasteiger partial charge in [0.25, 0.3) is 0 Å². The third kappa shape index (κ3) is 4.38. The summed E-state index contributed by atoms with van der Waals surface area (Å²) >= 11 is 1.63. The molecule has 128 valence electrons. The predicted octanol–water partition coefficient (Wildman–Crippen LogP) is 2.36. The number of rotatable bonds is 5. The van der Waals surface area contributed by atoms with Gasteiger partial charge in [0.1, 0.15) is 12.4 Å². The van der Waals surface area contributed by atoms with Crippen molar-refractivity contribution in [2.24, 2.45) is 0 Å². The van der Waals surface area contributed by atoms with Crippen molar-refractivity contribution in [3.63, 3.8) is 0 Å². The number of carbonyl (C=O) groups excluding carboxylic acids is 1. The Kier molecular flexibility index (Phi) is 5.53. The molecule has 7 heteroatoms. The summed E-state index contributed by atoms with van der Waals surface area (Å²) in [6, 6.07) is 7.87. The van der Waals surface area contributed by atoms with E-state index in [2.05, 4.69) is 15.2 Å². The van der Waals surface area contributed by atoms with Crippen molar-refractivity contribution in [3.05, 3.63) is 41.4 Å². The van der Waals surface area contributed by atoms with Crippen LogP contribution in [0.1, 0.15) is 5.56 Å². The standard InChI is InChI=1S/C17H22N4O2S/c1-14-3-2-4-15(13-14)23-11-5-18-16(22)20-7-9-21(10-8-20)17-19-6-12-24-17/h2-4,6,12-13H,5,7-11H2,1H3,(H,18,22). The largest absolute Gasteiger partial charge is 0.492 e. The Labute approximate surface area is 146 Å². The van der Waals surface area contributed by atoms with E-state index in [1.165, 1.54) is 0 Å². The van der Waals surface area contributed by atoms with Crippen LogP contribution in [0.25, 0.3) is 0 Å². The summed E-state index contributed by atoms with van der Waals surface area (Å²) in [5, 5.41) is 5.92. The number of hydrogen-bond donors (Lipinski definition) is 1.